The van der Waals surface area contributed by atoms with E-state index in [0.29, 0.717) is 31.0 Å². The monoisotopic (exact) mass is 523 g/mol. The van der Waals surface area contributed by atoms with Crippen LogP contribution in [0.4, 0.5) is 22.4 Å². The summed E-state index contributed by atoms with van der Waals surface area (Å²) >= 11 is 2.11. The summed E-state index contributed by atoms with van der Waals surface area (Å²) in [6, 6.07) is 2.39. The zero-order valence-corrected chi connectivity index (χ0v) is 17.4. The Balaban J connectivity index is 1.60. The van der Waals surface area contributed by atoms with E-state index in [2.05, 4.69) is 32.1 Å². The van der Waals surface area contributed by atoms with Gasteiger partial charge in [0.15, 0.2) is 0 Å². The minimum Gasteiger partial charge on any atom is -0.465 e. The molecule has 0 spiro atoms. The zero-order chi connectivity index (χ0) is 20.9. The second-order valence-corrected chi connectivity index (χ2v) is 8.44. The Morgan fingerprint density at radius 1 is 1.28 bits per heavy atom. The van der Waals surface area contributed by atoms with Gasteiger partial charge in [-0.05, 0) is 66.0 Å². The van der Waals surface area contributed by atoms with Gasteiger partial charge in [0, 0.05) is 19.0 Å². The number of aryl methyl sites for hydroxylation is 1. The number of imidazole rings is 1. The van der Waals surface area contributed by atoms with Crippen LogP contribution in [-0.2, 0) is 19.1 Å². The lowest BCUT2D eigenvalue weighted by atomic mass is 9.99. The second-order valence-electron chi connectivity index (χ2n) is 7.41. The third-order valence-electron chi connectivity index (χ3n) is 5.48. The average molecular weight is 523 g/mol. The fourth-order valence-electron chi connectivity index (χ4n) is 3.94. The first-order chi connectivity index (χ1) is 13.7. The van der Waals surface area contributed by atoms with Crippen LogP contribution in [0, 0.1) is 9.52 Å². The van der Waals surface area contributed by atoms with E-state index in [4.69, 9.17) is 0 Å². The molecule has 1 aliphatic carbocycles. The highest BCUT2D eigenvalue weighted by molar-refractivity contribution is 14.1. The lowest BCUT2D eigenvalue weighted by Gasteiger charge is -2.35. The number of aromatic nitrogens is 2. The molecular formula is C19H18F4IN3O2. The molecule has 1 aliphatic heterocycles. The molecule has 1 N–H and O–H groups in total. The minimum absolute atomic E-state index is 0.253. The van der Waals surface area contributed by atoms with Crippen molar-refractivity contribution >= 4 is 28.7 Å². The number of hydrogen-bond acceptors (Lipinski definition) is 2. The minimum atomic E-state index is -4.74. The number of carbonyl (C=O) groups is 1. The van der Waals surface area contributed by atoms with E-state index in [1.165, 1.54) is 11.0 Å². The van der Waals surface area contributed by atoms with Crippen LogP contribution in [0.5, 0.6) is 0 Å². The van der Waals surface area contributed by atoms with Gasteiger partial charge in [-0.15, -0.1) is 0 Å². The highest BCUT2D eigenvalue weighted by Gasteiger charge is 2.39. The molecule has 2 aliphatic rings. The molecule has 1 saturated carbocycles. The van der Waals surface area contributed by atoms with Crippen molar-refractivity contribution in [3.8, 4) is 0 Å². The van der Waals surface area contributed by atoms with Crippen molar-refractivity contribution < 1.29 is 27.5 Å². The summed E-state index contributed by atoms with van der Waals surface area (Å²) in [7, 11) is 0. The van der Waals surface area contributed by atoms with Crippen LogP contribution in [0.1, 0.15) is 53.9 Å². The number of carboxylic acid groups (broad SMARTS) is 1. The highest BCUT2D eigenvalue weighted by atomic mass is 127. The van der Waals surface area contributed by atoms with Crippen LogP contribution in [0.15, 0.2) is 18.2 Å². The van der Waals surface area contributed by atoms with Crippen LogP contribution < -0.4 is 0 Å². The largest absolute Gasteiger partial charge is 0.465 e. The molecule has 0 bridgehead atoms. The van der Waals surface area contributed by atoms with E-state index in [-0.39, 0.29) is 6.42 Å². The number of amides is 1. The Kier molecular flexibility index (Phi) is 5.24. The van der Waals surface area contributed by atoms with Crippen LogP contribution in [0.3, 0.4) is 0 Å². The predicted octanol–water partition coefficient (Wildman–Crippen LogP) is 5.19. The molecule has 10 heteroatoms. The first kappa shape index (κ1) is 20.4. The van der Waals surface area contributed by atoms with Crippen molar-refractivity contribution in [1.82, 2.24) is 14.5 Å². The summed E-state index contributed by atoms with van der Waals surface area (Å²) in [5.41, 5.74) is -0.0729. The zero-order valence-electron chi connectivity index (χ0n) is 15.2. The third kappa shape index (κ3) is 3.95. The van der Waals surface area contributed by atoms with E-state index in [1.54, 1.807) is 0 Å². The van der Waals surface area contributed by atoms with E-state index >= 15 is 0 Å². The third-order valence-corrected chi connectivity index (χ3v) is 6.28. The Bertz CT molecular complexity index is 956. The van der Waals surface area contributed by atoms with Crippen LogP contribution in [-0.4, -0.2) is 32.2 Å². The van der Waals surface area contributed by atoms with Gasteiger partial charge in [0.05, 0.1) is 17.3 Å². The molecule has 1 amide bonds. The number of alkyl halides is 3. The van der Waals surface area contributed by atoms with E-state index in [1.807, 2.05) is 0 Å². The summed E-state index contributed by atoms with van der Waals surface area (Å²) < 4.78 is 55.0. The summed E-state index contributed by atoms with van der Waals surface area (Å²) in [6.07, 6.45) is -3.06. The van der Waals surface area contributed by atoms with Gasteiger partial charge < -0.3 is 9.67 Å². The Hall–Kier alpha value is -1.85. The summed E-state index contributed by atoms with van der Waals surface area (Å²) in [5, 5.41) is 9.63. The van der Waals surface area contributed by atoms with Crippen molar-refractivity contribution in [2.75, 3.05) is 6.54 Å². The molecule has 1 fully saturated rings. The Labute approximate surface area is 177 Å². The lowest BCUT2D eigenvalue weighted by Crippen LogP contribution is -2.42. The second kappa shape index (κ2) is 7.44. The van der Waals surface area contributed by atoms with Gasteiger partial charge in [-0.1, -0.05) is 6.07 Å². The van der Waals surface area contributed by atoms with E-state index in [9.17, 15) is 27.5 Å². The Morgan fingerprint density at radius 2 is 2.00 bits per heavy atom. The summed E-state index contributed by atoms with van der Waals surface area (Å²) in [5.74, 6) is 0.0858. The van der Waals surface area contributed by atoms with Crippen molar-refractivity contribution in [3.63, 3.8) is 0 Å². The molecule has 0 saturated heterocycles. The molecule has 156 valence electrons. The summed E-state index contributed by atoms with van der Waals surface area (Å²) in [4.78, 5) is 17.8. The smallest absolute Gasteiger partial charge is 0.419 e. The number of halogens is 5. The number of hydrogen-bond donors (Lipinski definition) is 1. The number of nitrogens with zero attached hydrogens (tertiary/aromatic N) is 3. The lowest BCUT2D eigenvalue weighted by molar-refractivity contribution is -0.140. The van der Waals surface area contributed by atoms with Gasteiger partial charge in [-0.3, -0.25) is 4.90 Å². The SMILES string of the molecule is O=C(O)N1CCn2c(C3CC3)nc(I)c2C1CCc1ccc(C(F)(F)F)c(F)c1. The first-order valence-corrected chi connectivity index (χ1v) is 10.4. The average Bonchev–Trinajstić information content (AvgIpc) is 3.42. The molecule has 1 aromatic carbocycles. The molecule has 1 atom stereocenters. The van der Waals surface area contributed by atoms with Crippen molar-refractivity contribution in [1.29, 1.82) is 0 Å². The van der Waals surface area contributed by atoms with E-state index < -0.39 is 29.7 Å². The van der Waals surface area contributed by atoms with Crippen LogP contribution >= 0.6 is 22.6 Å². The molecule has 2 aromatic rings. The van der Waals surface area contributed by atoms with Crippen molar-refractivity contribution in [2.24, 2.45) is 0 Å². The van der Waals surface area contributed by atoms with Crippen LogP contribution in [0.25, 0.3) is 0 Å². The van der Waals surface area contributed by atoms with Gasteiger partial charge in [-0.25, -0.2) is 14.2 Å². The normalized spacial score (nSPS) is 19.3. The molecule has 29 heavy (non-hydrogen) atoms. The summed E-state index contributed by atoms with van der Waals surface area (Å²) in [6.45, 7) is 0.857. The van der Waals surface area contributed by atoms with Gasteiger partial charge in [0.2, 0.25) is 0 Å². The van der Waals surface area contributed by atoms with Gasteiger partial charge in [0.25, 0.3) is 0 Å². The predicted molar refractivity (Wildman–Crippen MR) is 104 cm³/mol. The maximum Gasteiger partial charge on any atom is 0.419 e. The van der Waals surface area contributed by atoms with Gasteiger partial charge in [-0.2, -0.15) is 13.2 Å². The molecule has 2 heterocycles. The highest BCUT2D eigenvalue weighted by Crippen LogP contribution is 2.43. The van der Waals surface area contributed by atoms with E-state index in [0.717, 1.165) is 40.2 Å². The van der Waals surface area contributed by atoms with Crippen LogP contribution in [0.2, 0.25) is 0 Å². The molecule has 1 aromatic heterocycles. The Morgan fingerprint density at radius 3 is 2.59 bits per heavy atom. The molecule has 4 rings (SSSR count). The number of fused-ring (bicyclic) bond motifs is 1. The number of rotatable bonds is 4. The quantitative estimate of drug-likeness (QED) is 0.444. The first-order valence-electron chi connectivity index (χ1n) is 9.28. The molecular weight excluding hydrogens is 505 g/mol. The number of benzene rings is 1. The topological polar surface area (TPSA) is 58.4 Å². The molecule has 0 radical (unpaired) electrons. The molecule has 1 unspecified atom stereocenters. The van der Waals surface area contributed by atoms with Gasteiger partial charge >= 0.3 is 12.3 Å². The fourth-order valence-corrected chi connectivity index (χ4v) is 4.84. The maximum atomic E-state index is 13.9. The fraction of sp³-hybridized carbons (Fsp3) is 0.474. The standard InChI is InChI=1S/C19H18F4IN3O2/c20-13-9-10(1-5-12(13)19(21,22)23)2-6-14-15-16(24)25-17(11-3-4-11)27(15)8-7-26(14)18(28)29/h1,5,9,11,14H,2-4,6-8H2,(H,28,29). The maximum absolute atomic E-state index is 13.9. The molecule has 5 nitrogen and oxygen atoms in total. The van der Waals surface area contributed by atoms with Crippen molar-refractivity contribution in [2.45, 2.75) is 50.4 Å². The van der Waals surface area contributed by atoms with Crippen molar-refractivity contribution in [3.05, 3.63) is 50.4 Å². The van der Waals surface area contributed by atoms with Gasteiger partial charge in [0.1, 0.15) is 15.3 Å².